The third kappa shape index (κ3) is 2.60. The summed E-state index contributed by atoms with van der Waals surface area (Å²) in [6, 6.07) is 15.0. The number of anilines is 1. The Bertz CT molecular complexity index is 853. The molecular formula is C17H16N2O2. The highest BCUT2D eigenvalue weighted by molar-refractivity contribution is 5.81. The number of rotatable bonds is 3. The van der Waals surface area contributed by atoms with Gasteiger partial charge < -0.3 is 15.0 Å². The van der Waals surface area contributed by atoms with E-state index in [1.807, 2.05) is 42.5 Å². The average molecular weight is 280 g/mol. The predicted octanol–water partition coefficient (Wildman–Crippen LogP) is 2.64. The minimum absolute atomic E-state index is 0.00510. The SMILES string of the molecule is COc1cc(N)cc(Cn2ccc3ccccc3c2=O)c1. The van der Waals surface area contributed by atoms with Crippen molar-refractivity contribution in [2.24, 2.45) is 0 Å². The molecule has 1 heterocycles. The van der Waals surface area contributed by atoms with Crippen LogP contribution in [-0.4, -0.2) is 11.7 Å². The number of nitrogens with two attached hydrogens (primary N) is 1. The Kier molecular flexibility index (Phi) is 3.36. The molecule has 106 valence electrons. The number of benzene rings is 2. The zero-order valence-corrected chi connectivity index (χ0v) is 11.7. The molecule has 3 rings (SSSR count). The first-order chi connectivity index (χ1) is 10.2. The zero-order chi connectivity index (χ0) is 14.8. The Balaban J connectivity index is 2.04. The van der Waals surface area contributed by atoms with Crippen molar-refractivity contribution in [1.29, 1.82) is 0 Å². The van der Waals surface area contributed by atoms with Crippen molar-refractivity contribution in [3.8, 4) is 5.75 Å². The molecule has 3 aromatic rings. The van der Waals surface area contributed by atoms with Gasteiger partial charge in [0.1, 0.15) is 5.75 Å². The van der Waals surface area contributed by atoms with Gasteiger partial charge in [-0.05, 0) is 35.2 Å². The van der Waals surface area contributed by atoms with Crippen LogP contribution >= 0.6 is 0 Å². The summed E-state index contributed by atoms with van der Waals surface area (Å²) in [7, 11) is 1.60. The number of hydrogen-bond donors (Lipinski definition) is 1. The van der Waals surface area contributed by atoms with Gasteiger partial charge in [0.15, 0.2) is 0 Å². The van der Waals surface area contributed by atoms with Gasteiger partial charge in [0.2, 0.25) is 0 Å². The second-order valence-electron chi connectivity index (χ2n) is 4.95. The van der Waals surface area contributed by atoms with E-state index in [0.29, 0.717) is 18.0 Å². The van der Waals surface area contributed by atoms with Crippen molar-refractivity contribution in [2.75, 3.05) is 12.8 Å². The van der Waals surface area contributed by atoms with E-state index in [-0.39, 0.29) is 5.56 Å². The number of methoxy groups -OCH3 is 1. The van der Waals surface area contributed by atoms with Gasteiger partial charge in [-0.15, -0.1) is 0 Å². The van der Waals surface area contributed by atoms with E-state index < -0.39 is 0 Å². The monoisotopic (exact) mass is 280 g/mol. The number of fused-ring (bicyclic) bond motifs is 1. The highest BCUT2D eigenvalue weighted by atomic mass is 16.5. The first kappa shape index (κ1) is 13.2. The average Bonchev–Trinajstić information content (AvgIpc) is 2.50. The van der Waals surface area contributed by atoms with Crippen LogP contribution in [-0.2, 0) is 6.54 Å². The standard InChI is InChI=1S/C17H16N2O2/c1-21-15-9-12(8-14(18)10-15)11-19-7-6-13-4-2-3-5-16(13)17(19)20/h2-10H,11,18H2,1H3. The topological polar surface area (TPSA) is 57.2 Å². The van der Waals surface area contributed by atoms with Gasteiger partial charge in [-0.3, -0.25) is 4.79 Å². The zero-order valence-electron chi connectivity index (χ0n) is 11.7. The first-order valence-corrected chi connectivity index (χ1v) is 6.69. The predicted molar refractivity (Wildman–Crippen MR) is 84.7 cm³/mol. The van der Waals surface area contributed by atoms with Crippen LogP contribution in [0.5, 0.6) is 5.75 Å². The number of hydrogen-bond acceptors (Lipinski definition) is 3. The van der Waals surface area contributed by atoms with Crippen LogP contribution in [0.2, 0.25) is 0 Å². The lowest BCUT2D eigenvalue weighted by Gasteiger charge is -2.10. The van der Waals surface area contributed by atoms with Crippen molar-refractivity contribution in [2.45, 2.75) is 6.54 Å². The maximum Gasteiger partial charge on any atom is 0.258 e. The highest BCUT2D eigenvalue weighted by Crippen LogP contribution is 2.19. The van der Waals surface area contributed by atoms with Crippen LogP contribution in [0.4, 0.5) is 5.69 Å². The number of nitrogen functional groups attached to an aromatic ring is 1. The fourth-order valence-electron chi connectivity index (χ4n) is 2.45. The molecule has 21 heavy (non-hydrogen) atoms. The van der Waals surface area contributed by atoms with Crippen molar-refractivity contribution < 1.29 is 4.74 Å². The van der Waals surface area contributed by atoms with E-state index in [1.165, 1.54) is 0 Å². The van der Waals surface area contributed by atoms with Crippen molar-refractivity contribution in [1.82, 2.24) is 4.57 Å². The second-order valence-corrected chi connectivity index (χ2v) is 4.95. The molecule has 0 aliphatic carbocycles. The van der Waals surface area contributed by atoms with Crippen LogP contribution in [0.15, 0.2) is 59.5 Å². The molecule has 2 N–H and O–H groups in total. The van der Waals surface area contributed by atoms with Gasteiger partial charge in [-0.2, -0.15) is 0 Å². The first-order valence-electron chi connectivity index (χ1n) is 6.69. The minimum Gasteiger partial charge on any atom is -0.497 e. The molecule has 0 atom stereocenters. The number of nitrogens with zero attached hydrogens (tertiary/aromatic N) is 1. The summed E-state index contributed by atoms with van der Waals surface area (Å²) in [5.74, 6) is 0.693. The molecular weight excluding hydrogens is 264 g/mol. The van der Waals surface area contributed by atoms with E-state index >= 15 is 0 Å². The molecule has 0 spiro atoms. The molecule has 0 aliphatic rings. The van der Waals surface area contributed by atoms with Gasteiger partial charge in [0, 0.05) is 23.3 Å². The lowest BCUT2D eigenvalue weighted by Crippen LogP contribution is -2.20. The number of aromatic nitrogens is 1. The van der Waals surface area contributed by atoms with Gasteiger partial charge in [0.25, 0.3) is 5.56 Å². The quantitative estimate of drug-likeness (QED) is 0.750. The normalized spacial score (nSPS) is 10.7. The highest BCUT2D eigenvalue weighted by Gasteiger charge is 2.05. The molecule has 2 aromatic carbocycles. The molecule has 0 fully saturated rings. The molecule has 1 aromatic heterocycles. The summed E-state index contributed by atoms with van der Waals surface area (Å²) in [6.45, 7) is 0.463. The lowest BCUT2D eigenvalue weighted by molar-refractivity contribution is 0.414. The lowest BCUT2D eigenvalue weighted by atomic mass is 10.1. The molecule has 0 unspecified atom stereocenters. The maximum absolute atomic E-state index is 12.5. The van der Waals surface area contributed by atoms with Crippen LogP contribution in [0.1, 0.15) is 5.56 Å². The summed E-state index contributed by atoms with van der Waals surface area (Å²) < 4.78 is 6.88. The fourth-order valence-corrected chi connectivity index (χ4v) is 2.45. The Morgan fingerprint density at radius 2 is 1.95 bits per heavy atom. The van der Waals surface area contributed by atoms with E-state index in [2.05, 4.69) is 0 Å². The third-order valence-corrected chi connectivity index (χ3v) is 3.46. The summed E-state index contributed by atoms with van der Waals surface area (Å²) in [5, 5.41) is 1.67. The Morgan fingerprint density at radius 3 is 2.76 bits per heavy atom. The van der Waals surface area contributed by atoms with Crippen molar-refractivity contribution in [3.63, 3.8) is 0 Å². The summed E-state index contributed by atoms with van der Waals surface area (Å²) in [6.07, 6.45) is 1.81. The van der Waals surface area contributed by atoms with Crippen molar-refractivity contribution >= 4 is 16.5 Å². The Hall–Kier alpha value is -2.75. The van der Waals surface area contributed by atoms with Gasteiger partial charge in [-0.25, -0.2) is 0 Å². The van der Waals surface area contributed by atoms with E-state index in [4.69, 9.17) is 10.5 Å². The summed E-state index contributed by atoms with van der Waals surface area (Å²) >= 11 is 0. The minimum atomic E-state index is -0.00510. The largest absolute Gasteiger partial charge is 0.497 e. The summed E-state index contributed by atoms with van der Waals surface area (Å²) in [4.78, 5) is 12.5. The smallest absolute Gasteiger partial charge is 0.258 e. The van der Waals surface area contributed by atoms with Crippen molar-refractivity contribution in [3.05, 3.63) is 70.6 Å². The van der Waals surface area contributed by atoms with Crippen LogP contribution in [0, 0.1) is 0 Å². The second kappa shape index (κ2) is 5.32. The maximum atomic E-state index is 12.5. The fraction of sp³-hybridized carbons (Fsp3) is 0.118. The number of ether oxygens (including phenoxy) is 1. The molecule has 0 saturated carbocycles. The van der Waals surface area contributed by atoms with E-state index in [1.54, 1.807) is 23.9 Å². The van der Waals surface area contributed by atoms with Crippen LogP contribution in [0.25, 0.3) is 10.8 Å². The molecule has 0 aliphatic heterocycles. The molecule has 0 saturated heterocycles. The Labute approximate surface area is 122 Å². The van der Waals surface area contributed by atoms with Crippen LogP contribution in [0.3, 0.4) is 0 Å². The molecule has 0 amide bonds. The molecule has 4 nitrogen and oxygen atoms in total. The summed E-state index contributed by atoms with van der Waals surface area (Å²) in [5.41, 5.74) is 7.40. The van der Waals surface area contributed by atoms with Gasteiger partial charge >= 0.3 is 0 Å². The van der Waals surface area contributed by atoms with E-state index in [0.717, 1.165) is 16.3 Å². The van der Waals surface area contributed by atoms with Gasteiger partial charge in [0.05, 0.1) is 13.7 Å². The van der Waals surface area contributed by atoms with Gasteiger partial charge in [-0.1, -0.05) is 18.2 Å². The number of pyridine rings is 1. The molecule has 0 bridgehead atoms. The Morgan fingerprint density at radius 1 is 1.14 bits per heavy atom. The molecule has 4 heteroatoms. The molecule has 0 radical (unpaired) electrons. The van der Waals surface area contributed by atoms with Crippen LogP contribution < -0.4 is 16.0 Å². The van der Waals surface area contributed by atoms with E-state index in [9.17, 15) is 4.79 Å². The third-order valence-electron chi connectivity index (χ3n) is 3.46.